The molecule has 2 rings (SSSR count). The number of carbonyl (C=O) groups excluding carboxylic acids is 2. The lowest BCUT2D eigenvalue weighted by Gasteiger charge is -2.28. The van der Waals surface area contributed by atoms with Crippen LogP contribution in [0.2, 0.25) is 10.0 Å². The molecule has 1 atom stereocenters. The number of aryl methyl sites for hydroxylation is 1. The van der Waals surface area contributed by atoms with E-state index in [0.717, 1.165) is 12.0 Å². The summed E-state index contributed by atoms with van der Waals surface area (Å²) in [4.78, 5) is 37.5. The molecule has 0 bridgehead atoms. The quantitative estimate of drug-likeness (QED) is 0.555. The van der Waals surface area contributed by atoms with Crippen molar-refractivity contribution in [3.8, 4) is 11.3 Å². The Morgan fingerprint density at radius 1 is 1.26 bits per heavy atom. The summed E-state index contributed by atoms with van der Waals surface area (Å²) < 4.78 is 1.68. The minimum Gasteiger partial charge on any atom is -0.347 e. The summed E-state index contributed by atoms with van der Waals surface area (Å²) in [5, 5.41) is 0.931. The topological polar surface area (TPSA) is 96.8 Å². The molecule has 0 saturated carbocycles. The van der Waals surface area contributed by atoms with E-state index in [0.29, 0.717) is 39.0 Å². The SMILES string of the molecule is CCC[C@@H](C(=O)N(C)C)N(C)C(=O)/C=C/n1c(-c2ccc(Cl)cc2Cl)c(CN)c(C)nc1=NC. The van der Waals surface area contributed by atoms with Gasteiger partial charge in [0, 0.05) is 68.9 Å². The maximum absolute atomic E-state index is 13.1. The number of likely N-dealkylation sites (N-methyl/N-ethyl adjacent to an activating group) is 2. The number of amides is 2. The van der Waals surface area contributed by atoms with Crippen molar-refractivity contribution in [2.75, 3.05) is 28.2 Å². The van der Waals surface area contributed by atoms with Crippen molar-refractivity contribution in [1.29, 1.82) is 0 Å². The molecular weight excluding hydrogens is 475 g/mol. The van der Waals surface area contributed by atoms with Gasteiger partial charge in [0.2, 0.25) is 17.4 Å². The highest BCUT2D eigenvalue weighted by molar-refractivity contribution is 6.36. The van der Waals surface area contributed by atoms with Gasteiger partial charge in [0.05, 0.1) is 10.7 Å². The van der Waals surface area contributed by atoms with E-state index in [2.05, 4.69) is 9.98 Å². The number of hydrogen-bond donors (Lipinski definition) is 1. The molecule has 2 N–H and O–H groups in total. The molecule has 1 heterocycles. The molecule has 0 aliphatic heterocycles. The zero-order valence-corrected chi connectivity index (χ0v) is 22.0. The summed E-state index contributed by atoms with van der Waals surface area (Å²) in [6.45, 7) is 4.03. The molecule has 184 valence electrons. The fourth-order valence-corrected chi connectivity index (χ4v) is 4.17. The molecule has 2 aromatic rings. The summed E-state index contributed by atoms with van der Waals surface area (Å²) in [5.74, 6) is -0.453. The fraction of sp³-hybridized carbons (Fsp3) is 0.417. The van der Waals surface area contributed by atoms with Gasteiger partial charge in [-0.25, -0.2) is 4.98 Å². The van der Waals surface area contributed by atoms with Gasteiger partial charge >= 0.3 is 0 Å². The van der Waals surface area contributed by atoms with Crippen LogP contribution >= 0.6 is 23.2 Å². The second-order valence-corrected chi connectivity index (χ2v) is 8.89. The molecule has 0 aliphatic carbocycles. The van der Waals surface area contributed by atoms with Crippen LogP contribution in [0.5, 0.6) is 0 Å². The maximum atomic E-state index is 13.1. The molecule has 0 fully saturated rings. The Balaban J connectivity index is 2.64. The molecule has 0 spiro atoms. The van der Waals surface area contributed by atoms with Crippen molar-refractivity contribution in [2.45, 2.75) is 39.3 Å². The average Bonchev–Trinajstić information content (AvgIpc) is 2.80. The average molecular weight is 507 g/mol. The van der Waals surface area contributed by atoms with Gasteiger partial charge in [0.1, 0.15) is 6.04 Å². The van der Waals surface area contributed by atoms with Crippen LogP contribution in [0.4, 0.5) is 0 Å². The second kappa shape index (κ2) is 12.1. The van der Waals surface area contributed by atoms with Crippen LogP contribution in [-0.2, 0) is 16.1 Å². The molecule has 1 aromatic carbocycles. The number of hydrogen-bond acceptors (Lipinski definition) is 5. The smallest absolute Gasteiger partial charge is 0.248 e. The van der Waals surface area contributed by atoms with E-state index in [4.69, 9.17) is 28.9 Å². The third-order valence-electron chi connectivity index (χ3n) is 5.51. The molecule has 10 heteroatoms. The molecule has 1 aromatic heterocycles. The Morgan fingerprint density at radius 2 is 1.94 bits per heavy atom. The molecule has 0 unspecified atom stereocenters. The Kier molecular flexibility index (Phi) is 9.85. The molecular formula is C24H32Cl2N6O2. The standard InChI is InChI=1S/C24H32Cl2N6O2/c1-7-8-20(23(34)30(4)5)31(6)21(33)11-12-32-22(17-10-9-16(25)13-19(17)26)18(14-27)15(2)29-24(32)28-3/h9-13,20H,7-8,14,27H2,1-6H3/b12-11+,28-24?/t20-/m0/s1. The van der Waals surface area contributed by atoms with Crippen LogP contribution in [0.1, 0.15) is 31.0 Å². The maximum Gasteiger partial charge on any atom is 0.248 e. The van der Waals surface area contributed by atoms with Crippen LogP contribution in [0.3, 0.4) is 0 Å². The molecule has 34 heavy (non-hydrogen) atoms. The van der Waals surface area contributed by atoms with Crippen LogP contribution in [0, 0.1) is 6.92 Å². The minimum atomic E-state index is -0.557. The van der Waals surface area contributed by atoms with E-state index in [1.54, 1.807) is 57.2 Å². The van der Waals surface area contributed by atoms with Crippen LogP contribution in [0.25, 0.3) is 17.5 Å². The Hall–Kier alpha value is -2.68. The van der Waals surface area contributed by atoms with E-state index >= 15 is 0 Å². The van der Waals surface area contributed by atoms with E-state index in [-0.39, 0.29) is 18.4 Å². The minimum absolute atomic E-state index is 0.126. The number of halogens is 2. The van der Waals surface area contributed by atoms with E-state index in [1.165, 1.54) is 15.9 Å². The summed E-state index contributed by atoms with van der Waals surface area (Å²) in [6, 6.07) is 4.62. The largest absolute Gasteiger partial charge is 0.347 e. The van der Waals surface area contributed by atoms with Gasteiger partial charge in [-0.1, -0.05) is 36.5 Å². The third-order valence-corrected chi connectivity index (χ3v) is 6.05. The highest BCUT2D eigenvalue weighted by Gasteiger charge is 2.26. The second-order valence-electron chi connectivity index (χ2n) is 8.05. The normalized spacial score (nSPS) is 12.8. The number of rotatable bonds is 8. The van der Waals surface area contributed by atoms with Crippen LogP contribution in [0.15, 0.2) is 29.3 Å². The zero-order chi connectivity index (χ0) is 25.6. The van der Waals surface area contributed by atoms with Gasteiger partial charge in [0.25, 0.3) is 0 Å². The van der Waals surface area contributed by atoms with Crippen molar-refractivity contribution in [3.05, 3.63) is 51.2 Å². The first-order chi connectivity index (χ1) is 16.1. The lowest BCUT2D eigenvalue weighted by atomic mass is 10.0. The summed E-state index contributed by atoms with van der Waals surface area (Å²) >= 11 is 12.6. The van der Waals surface area contributed by atoms with Gasteiger partial charge in [-0.3, -0.25) is 19.1 Å². The van der Waals surface area contributed by atoms with Crippen molar-refractivity contribution >= 4 is 41.2 Å². The monoisotopic (exact) mass is 506 g/mol. The van der Waals surface area contributed by atoms with Crippen molar-refractivity contribution in [1.82, 2.24) is 19.4 Å². The molecule has 0 aliphatic rings. The van der Waals surface area contributed by atoms with Crippen LogP contribution < -0.4 is 11.4 Å². The van der Waals surface area contributed by atoms with E-state index in [1.807, 2.05) is 13.8 Å². The molecule has 0 saturated heterocycles. The predicted molar refractivity (Wildman–Crippen MR) is 137 cm³/mol. The fourth-order valence-electron chi connectivity index (χ4n) is 3.67. The van der Waals surface area contributed by atoms with Crippen molar-refractivity contribution in [3.63, 3.8) is 0 Å². The number of benzene rings is 1. The first-order valence-electron chi connectivity index (χ1n) is 10.9. The van der Waals surface area contributed by atoms with Gasteiger partial charge in [0.15, 0.2) is 0 Å². The lowest BCUT2D eigenvalue weighted by molar-refractivity contribution is -0.140. The Bertz CT molecular complexity index is 1160. The van der Waals surface area contributed by atoms with Gasteiger partial charge in [-0.05, 0) is 31.5 Å². The summed E-state index contributed by atoms with van der Waals surface area (Å²) in [6.07, 6.45) is 4.30. The van der Waals surface area contributed by atoms with E-state index < -0.39 is 6.04 Å². The number of nitrogens with two attached hydrogens (primary N) is 1. The summed E-state index contributed by atoms with van der Waals surface area (Å²) in [5.41, 5.74) is 9.25. The van der Waals surface area contributed by atoms with E-state index in [9.17, 15) is 9.59 Å². The predicted octanol–water partition coefficient (Wildman–Crippen LogP) is 3.34. The van der Waals surface area contributed by atoms with Crippen molar-refractivity contribution < 1.29 is 9.59 Å². The van der Waals surface area contributed by atoms with Crippen LogP contribution in [-0.4, -0.2) is 65.4 Å². The molecule has 2 amide bonds. The Labute approximate surface area is 210 Å². The first-order valence-corrected chi connectivity index (χ1v) is 11.7. The van der Waals surface area contributed by atoms with Crippen molar-refractivity contribution in [2.24, 2.45) is 10.7 Å². The highest BCUT2D eigenvalue weighted by atomic mass is 35.5. The highest BCUT2D eigenvalue weighted by Crippen LogP contribution is 2.32. The molecule has 8 nitrogen and oxygen atoms in total. The van der Waals surface area contributed by atoms with Gasteiger partial charge < -0.3 is 15.5 Å². The third kappa shape index (κ3) is 6.05. The van der Waals surface area contributed by atoms with Gasteiger partial charge in [-0.15, -0.1) is 0 Å². The number of nitrogens with zero attached hydrogens (tertiary/aromatic N) is 5. The summed E-state index contributed by atoms with van der Waals surface area (Å²) in [7, 11) is 6.60. The number of carbonyl (C=O) groups is 2. The number of aromatic nitrogens is 2. The van der Waals surface area contributed by atoms with Gasteiger partial charge in [-0.2, -0.15) is 0 Å². The zero-order valence-electron chi connectivity index (χ0n) is 20.5. The first kappa shape index (κ1) is 27.6. The Morgan fingerprint density at radius 3 is 2.47 bits per heavy atom. The lowest BCUT2D eigenvalue weighted by Crippen LogP contribution is -2.46. The molecule has 0 radical (unpaired) electrons.